The lowest BCUT2D eigenvalue weighted by atomic mass is 9.70. The molecule has 0 bridgehead atoms. The van der Waals surface area contributed by atoms with Crippen LogP contribution in [0.1, 0.15) is 22.3 Å². The molecule has 0 radical (unpaired) electrons. The van der Waals surface area contributed by atoms with Gasteiger partial charge in [-0.25, -0.2) is 0 Å². The number of furan rings is 2. The van der Waals surface area contributed by atoms with Gasteiger partial charge < -0.3 is 23.5 Å². The van der Waals surface area contributed by atoms with Crippen molar-refractivity contribution in [3.8, 4) is 66.8 Å². The Kier molecular flexibility index (Phi) is 14.7. The van der Waals surface area contributed by atoms with Crippen LogP contribution in [0.5, 0.6) is 0 Å². The highest BCUT2D eigenvalue weighted by Crippen LogP contribution is 2.64. The molecule has 0 amide bonds. The zero-order chi connectivity index (χ0) is 78.0. The maximum Gasteiger partial charge on any atom is 0.159 e. The van der Waals surface area contributed by atoms with Gasteiger partial charge in [-0.1, -0.05) is 315 Å². The van der Waals surface area contributed by atoms with Gasteiger partial charge in [0.05, 0.1) is 28.2 Å². The fourth-order valence-electron chi connectivity index (χ4n) is 20.5. The fraction of sp³-hybridized carbons (Fsp3) is 0.0175. The molecule has 119 heavy (non-hydrogen) atoms. The third-order valence-corrected chi connectivity index (χ3v) is 25.8. The smallest absolute Gasteiger partial charge is 0.159 e. The van der Waals surface area contributed by atoms with E-state index in [2.05, 4.69) is 433 Å². The molecule has 0 saturated heterocycles. The van der Waals surface area contributed by atoms with Crippen LogP contribution in [-0.2, 0) is 5.41 Å². The fourth-order valence-corrected chi connectivity index (χ4v) is 20.5. The van der Waals surface area contributed by atoms with Gasteiger partial charge in [0, 0.05) is 84.3 Å². The largest absolute Gasteiger partial charge is 0.455 e. The predicted octanol–water partition coefficient (Wildman–Crippen LogP) is 31.2. The number of benzene rings is 20. The van der Waals surface area contributed by atoms with E-state index in [4.69, 9.17) is 8.83 Å². The van der Waals surface area contributed by atoms with Crippen LogP contribution in [0.15, 0.2) is 428 Å². The number of fused-ring (bicyclic) bond motifs is 27. The first kappa shape index (κ1) is 66.8. The van der Waals surface area contributed by atoms with E-state index in [9.17, 15) is 0 Å². The number of para-hydroxylation sites is 2. The van der Waals surface area contributed by atoms with E-state index in [1.165, 1.54) is 88.1 Å². The lowest BCUT2D eigenvalue weighted by Gasteiger charge is -2.31. The normalized spacial score (nSPS) is 13.2. The van der Waals surface area contributed by atoms with E-state index in [0.717, 1.165) is 149 Å². The summed E-state index contributed by atoms with van der Waals surface area (Å²) in [6, 6.07) is 146. The van der Waals surface area contributed by atoms with Gasteiger partial charge in [-0.3, -0.25) is 0 Å². The van der Waals surface area contributed by atoms with Crippen molar-refractivity contribution in [1.82, 2.24) is 0 Å². The number of anilines is 7. The van der Waals surface area contributed by atoms with Crippen molar-refractivity contribution in [3.63, 3.8) is 0 Å². The number of rotatable bonds is 11. The van der Waals surface area contributed by atoms with Gasteiger partial charge in [0.1, 0.15) is 16.7 Å². The minimum absolute atomic E-state index is 0.515. The number of hydrogen-bond donors (Lipinski definition) is 0. The Bertz CT molecular complexity index is 8050. The number of nitrogens with zero attached hydrogens (tertiary/aromatic N) is 3. The zero-order valence-electron chi connectivity index (χ0n) is 64.7. The van der Waals surface area contributed by atoms with Crippen molar-refractivity contribution < 1.29 is 8.83 Å². The van der Waals surface area contributed by atoms with Crippen LogP contribution >= 0.6 is 0 Å². The molecule has 2 aliphatic carbocycles. The molecule has 0 atom stereocenters. The van der Waals surface area contributed by atoms with Gasteiger partial charge in [-0.2, -0.15) is 0 Å². The molecular weight excluding hydrogens is 1440 g/mol. The maximum absolute atomic E-state index is 7.92. The van der Waals surface area contributed by atoms with Gasteiger partial charge in [0.2, 0.25) is 0 Å². The highest BCUT2D eigenvalue weighted by molar-refractivity contribution is 6.37. The summed E-state index contributed by atoms with van der Waals surface area (Å²) in [4.78, 5) is 7.35. The first-order chi connectivity index (χ1) is 59.0. The van der Waals surface area contributed by atoms with Crippen molar-refractivity contribution in [2.75, 3.05) is 21.2 Å². The molecule has 22 aromatic rings. The highest BCUT2D eigenvalue weighted by Gasteiger charge is 2.52. The first-order valence-electron chi connectivity index (χ1n) is 41.1. The quantitative estimate of drug-likeness (QED) is 0.121. The second-order valence-electron chi connectivity index (χ2n) is 32.0. The van der Waals surface area contributed by atoms with Crippen LogP contribution in [0, 0.1) is 0 Å². The standard InChI is InChI=1S/C114H71N3O2/c1-5-25-71(26-6-1)73-45-47-74(48-46-73)78-54-60-107-97(66-78)91-57-58-92-106(117(82-32-9-3-10-33-82)105-67-81-30-12-14-36-86(81)95-65-80(53-56-90(95)105)79-52-51-76-50-49-75-29-11-13-35-85(75)94(76)64-79)69-98-104(115-61-21-4-22-62-115)70-108-109(110(98)111(92)113(91)118-107)93-40-24-44-103(112(93)119-108)116(83-34-23-31-77(63-83)72-27-7-2-8-28-72)84-55-59-102-96(68-84)89-39-17-20-43-101(89)114(102)99-41-18-15-37-87(99)88-38-16-19-42-100(88)114/h1-61,63-70H,62H2. The molecule has 0 unspecified atom stereocenters. The molecule has 554 valence electrons. The third kappa shape index (κ3) is 10.1. The molecule has 3 heterocycles. The molecule has 0 N–H and O–H groups in total. The molecule has 2 aromatic heterocycles. The Morgan fingerprint density at radius 1 is 0.244 bits per heavy atom. The minimum Gasteiger partial charge on any atom is -0.455 e. The molecule has 0 saturated carbocycles. The number of allylic oxidation sites excluding steroid dienone is 2. The summed E-state index contributed by atoms with van der Waals surface area (Å²) in [5, 5.41) is 17.7. The first-order valence-corrected chi connectivity index (χ1v) is 41.1. The van der Waals surface area contributed by atoms with E-state index in [0.29, 0.717) is 6.54 Å². The lowest BCUT2D eigenvalue weighted by Crippen LogP contribution is -2.25. The maximum atomic E-state index is 7.92. The second-order valence-corrected chi connectivity index (χ2v) is 32.0. The van der Waals surface area contributed by atoms with E-state index in [-0.39, 0.29) is 0 Å². The predicted molar refractivity (Wildman–Crippen MR) is 499 cm³/mol. The van der Waals surface area contributed by atoms with E-state index in [1.807, 2.05) is 0 Å². The average molecular weight is 1510 g/mol. The van der Waals surface area contributed by atoms with Crippen molar-refractivity contribution in [3.05, 3.63) is 441 Å². The van der Waals surface area contributed by atoms with E-state index >= 15 is 0 Å². The summed E-state index contributed by atoms with van der Waals surface area (Å²) in [7, 11) is 0. The average Bonchev–Trinajstić information content (AvgIpc) is 1.51. The van der Waals surface area contributed by atoms with Gasteiger partial charge in [0.25, 0.3) is 0 Å². The molecule has 1 aliphatic heterocycles. The van der Waals surface area contributed by atoms with Crippen LogP contribution in [0.2, 0.25) is 0 Å². The third-order valence-electron chi connectivity index (χ3n) is 25.8. The van der Waals surface area contributed by atoms with Crippen molar-refractivity contribution in [1.29, 1.82) is 0 Å². The van der Waals surface area contributed by atoms with Crippen LogP contribution in [-0.4, -0.2) is 6.54 Å². The molecule has 5 heteroatoms. The minimum atomic E-state index is -0.515. The molecule has 3 aliphatic rings. The Morgan fingerprint density at radius 2 is 0.748 bits per heavy atom. The van der Waals surface area contributed by atoms with Crippen molar-refractivity contribution >= 4 is 148 Å². The van der Waals surface area contributed by atoms with E-state index < -0.39 is 5.41 Å². The molecular formula is C114H71N3O2. The topological polar surface area (TPSA) is 36.0 Å². The summed E-state index contributed by atoms with van der Waals surface area (Å²) in [6.45, 7) is 0.638. The van der Waals surface area contributed by atoms with Gasteiger partial charge in [-0.05, 0) is 218 Å². The lowest BCUT2D eigenvalue weighted by molar-refractivity contribution is 0.669. The summed E-state index contributed by atoms with van der Waals surface area (Å²) in [5.41, 5.74) is 29.0. The highest BCUT2D eigenvalue weighted by atomic mass is 16.3. The molecule has 1 spiro atoms. The Morgan fingerprint density at radius 3 is 1.49 bits per heavy atom. The van der Waals surface area contributed by atoms with Crippen molar-refractivity contribution in [2.45, 2.75) is 5.41 Å². The molecule has 0 fully saturated rings. The van der Waals surface area contributed by atoms with Crippen LogP contribution in [0.3, 0.4) is 0 Å². The summed E-state index contributed by atoms with van der Waals surface area (Å²) < 4.78 is 15.6. The number of hydrogen-bond acceptors (Lipinski definition) is 5. The van der Waals surface area contributed by atoms with Crippen molar-refractivity contribution in [2.24, 2.45) is 0 Å². The summed E-state index contributed by atoms with van der Waals surface area (Å²) in [6.07, 6.45) is 8.76. The van der Waals surface area contributed by atoms with Gasteiger partial charge in [-0.15, -0.1) is 0 Å². The van der Waals surface area contributed by atoms with E-state index in [1.54, 1.807) is 0 Å². The molecule has 5 nitrogen and oxygen atoms in total. The second kappa shape index (κ2) is 26.2. The van der Waals surface area contributed by atoms with Crippen LogP contribution in [0.25, 0.3) is 175 Å². The van der Waals surface area contributed by atoms with Gasteiger partial charge >= 0.3 is 0 Å². The molecule has 25 rings (SSSR count). The van der Waals surface area contributed by atoms with Crippen LogP contribution in [0.4, 0.5) is 39.8 Å². The monoisotopic (exact) mass is 1510 g/mol. The van der Waals surface area contributed by atoms with Gasteiger partial charge in [0.15, 0.2) is 5.58 Å². The SMILES string of the molecule is C1=CCN(c2cc3oc4c(N(c5cccc(-c6ccccc6)c5)c5ccc6c(c5)-c5ccccc5C65c6ccccc6-c6ccccc65)cccc4c3c3c2cc(N(c2ccccc2)c2cc4ccccc4c4cc(-c5ccc6ccc7ccccc7c6c5)ccc24)c2ccc4c5cc(-c6ccc(-c7ccccc7)cc6)ccc5oc4c23)C=C1. The Hall–Kier alpha value is -15.6. The Labute approximate surface area is 687 Å². The summed E-state index contributed by atoms with van der Waals surface area (Å²) in [5.74, 6) is 0. The Balaban J connectivity index is 0.763. The summed E-state index contributed by atoms with van der Waals surface area (Å²) >= 11 is 0. The molecule has 20 aromatic carbocycles. The zero-order valence-corrected chi connectivity index (χ0v) is 64.7. The van der Waals surface area contributed by atoms with Crippen LogP contribution < -0.4 is 14.7 Å².